The summed E-state index contributed by atoms with van der Waals surface area (Å²) >= 11 is 0. The van der Waals surface area contributed by atoms with E-state index in [0.29, 0.717) is 24.7 Å². The van der Waals surface area contributed by atoms with Crippen LogP contribution in [0.5, 0.6) is 0 Å². The second kappa shape index (κ2) is 6.16. The monoisotopic (exact) mass is 266 g/mol. The maximum absolute atomic E-state index is 12.2. The molecule has 2 unspecified atom stereocenters. The summed E-state index contributed by atoms with van der Waals surface area (Å²) in [6.07, 6.45) is 2.37. The van der Waals surface area contributed by atoms with Gasteiger partial charge in [-0.15, -0.1) is 0 Å². The van der Waals surface area contributed by atoms with E-state index in [0.717, 1.165) is 19.5 Å². The molecule has 0 bridgehead atoms. The number of carbonyl (C=O) groups is 1. The Bertz CT molecular complexity index is 426. The predicted octanol–water partition coefficient (Wildman–Crippen LogP) is 0.766. The number of amides is 1. The molecule has 19 heavy (non-hydrogen) atoms. The van der Waals surface area contributed by atoms with Gasteiger partial charge in [0.25, 0.3) is 5.91 Å². The summed E-state index contributed by atoms with van der Waals surface area (Å²) in [4.78, 5) is 18.2. The fourth-order valence-electron chi connectivity index (χ4n) is 2.07. The van der Waals surface area contributed by atoms with Gasteiger partial charge in [0.15, 0.2) is 5.69 Å². The molecule has 0 radical (unpaired) electrons. The van der Waals surface area contributed by atoms with Crippen LogP contribution < -0.4 is 11.1 Å². The normalized spacial score (nSPS) is 19.2. The summed E-state index contributed by atoms with van der Waals surface area (Å²) in [5.41, 5.74) is 6.41. The van der Waals surface area contributed by atoms with Gasteiger partial charge < -0.3 is 20.4 Å². The van der Waals surface area contributed by atoms with Crippen molar-refractivity contribution < 1.29 is 9.21 Å². The fourth-order valence-corrected chi connectivity index (χ4v) is 2.07. The molecule has 1 fully saturated rings. The van der Waals surface area contributed by atoms with Crippen LogP contribution in [0.25, 0.3) is 0 Å². The van der Waals surface area contributed by atoms with E-state index in [1.807, 2.05) is 6.92 Å². The summed E-state index contributed by atoms with van der Waals surface area (Å²) in [6.45, 7) is 7.18. The SMILES string of the molecule is CCC(C)C(N)c1nc(C(=O)N2CCNCC2)co1. The largest absolute Gasteiger partial charge is 0.446 e. The zero-order valence-corrected chi connectivity index (χ0v) is 11.6. The molecule has 6 heteroatoms. The lowest BCUT2D eigenvalue weighted by molar-refractivity contribution is 0.0729. The Hall–Kier alpha value is -1.40. The topological polar surface area (TPSA) is 84.4 Å². The molecule has 0 spiro atoms. The number of nitrogens with one attached hydrogen (secondary N) is 1. The van der Waals surface area contributed by atoms with Crippen LogP contribution in [0, 0.1) is 5.92 Å². The van der Waals surface area contributed by atoms with Crippen LogP contribution in [0.4, 0.5) is 0 Å². The minimum atomic E-state index is -0.255. The van der Waals surface area contributed by atoms with Gasteiger partial charge in [0, 0.05) is 26.2 Å². The number of hydrogen-bond donors (Lipinski definition) is 2. The van der Waals surface area contributed by atoms with Crippen LogP contribution in [0.3, 0.4) is 0 Å². The Kier molecular flexibility index (Phi) is 4.55. The number of piperazine rings is 1. The van der Waals surface area contributed by atoms with Crippen LogP contribution in [-0.4, -0.2) is 42.0 Å². The molecule has 2 atom stereocenters. The summed E-state index contributed by atoms with van der Waals surface area (Å²) in [5.74, 6) is 0.654. The molecule has 2 heterocycles. The summed E-state index contributed by atoms with van der Waals surface area (Å²) in [6, 6.07) is -0.255. The highest BCUT2D eigenvalue weighted by atomic mass is 16.3. The van der Waals surface area contributed by atoms with Crippen LogP contribution >= 0.6 is 0 Å². The fraction of sp³-hybridized carbons (Fsp3) is 0.692. The van der Waals surface area contributed by atoms with Crippen LogP contribution in [-0.2, 0) is 0 Å². The van der Waals surface area contributed by atoms with Crippen molar-refractivity contribution in [3.8, 4) is 0 Å². The van der Waals surface area contributed by atoms with Crippen LogP contribution in [0.15, 0.2) is 10.7 Å². The lowest BCUT2D eigenvalue weighted by atomic mass is 10.0. The van der Waals surface area contributed by atoms with E-state index in [2.05, 4.69) is 17.2 Å². The van der Waals surface area contributed by atoms with E-state index in [-0.39, 0.29) is 17.9 Å². The number of nitrogens with two attached hydrogens (primary N) is 1. The highest BCUT2D eigenvalue weighted by molar-refractivity contribution is 5.92. The zero-order chi connectivity index (χ0) is 13.8. The summed E-state index contributed by atoms with van der Waals surface area (Å²) in [5, 5.41) is 3.21. The van der Waals surface area contributed by atoms with Gasteiger partial charge in [-0.2, -0.15) is 0 Å². The van der Waals surface area contributed by atoms with Crippen molar-refractivity contribution in [1.29, 1.82) is 0 Å². The van der Waals surface area contributed by atoms with Gasteiger partial charge >= 0.3 is 0 Å². The summed E-state index contributed by atoms with van der Waals surface area (Å²) < 4.78 is 5.36. The van der Waals surface area contributed by atoms with Crippen molar-refractivity contribution >= 4 is 5.91 Å². The van der Waals surface area contributed by atoms with E-state index in [4.69, 9.17) is 10.2 Å². The average molecular weight is 266 g/mol. The molecule has 1 amide bonds. The quantitative estimate of drug-likeness (QED) is 0.840. The maximum atomic E-state index is 12.2. The van der Waals surface area contributed by atoms with Gasteiger partial charge in [-0.05, 0) is 5.92 Å². The lowest BCUT2D eigenvalue weighted by Crippen LogP contribution is -2.46. The van der Waals surface area contributed by atoms with Crippen molar-refractivity contribution in [1.82, 2.24) is 15.2 Å². The molecule has 0 saturated carbocycles. The number of nitrogens with zero attached hydrogens (tertiary/aromatic N) is 2. The second-order valence-electron chi connectivity index (χ2n) is 5.02. The van der Waals surface area contributed by atoms with E-state index in [1.165, 1.54) is 6.26 Å². The zero-order valence-electron chi connectivity index (χ0n) is 11.6. The molecule has 1 aromatic rings. The minimum absolute atomic E-state index is 0.0761. The molecule has 1 saturated heterocycles. The Morgan fingerprint density at radius 3 is 2.89 bits per heavy atom. The maximum Gasteiger partial charge on any atom is 0.275 e. The molecule has 0 aromatic carbocycles. The lowest BCUT2D eigenvalue weighted by Gasteiger charge is -2.26. The highest BCUT2D eigenvalue weighted by Crippen LogP contribution is 2.21. The van der Waals surface area contributed by atoms with Crippen molar-refractivity contribution in [3.05, 3.63) is 17.8 Å². The van der Waals surface area contributed by atoms with Crippen molar-refractivity contribution in [2.24, 2.45) is 11.7 Å². The van der Waals surface area contributed by atoms with Gasteiger partial charge in [-0.25, -0.2) is 4.98 Å². The van der Waals surface area contributed by atoms with Gasteiger partial charge in [0.1, 0.15) is 6.26 Å². The summed E-state index contributed by atoms with van der Waals surface area (Å²) in [7, 11) is 0. The molecule has 106 valence electrons. The van der Waals surface area contributed by atoms with Gasteiger partial charge in [0.2, 0.25) is 5.89 Å². The molecule has 3 N–H and O–H groups in total. The number of rotatable bonds is 4. The number of aromatic nitrogens is 1. The van der Waals surface area contributed by atoms with E-state index in [1.54, 1.807) is 4.90 Å². The highest BCUT2D eigenvalue weighted by Gasteiger charge is 2.24. The molecule has 1 aliphatic rings. The van der Waals surface area contributed by atoms with E-state index in [9.17, 15) is 4.79 Å². The first kappa shape index (κ1) is 14.0. The second-order valence-corrected chi connectivity index (χ2v) is 5.02. The third kappa shape index (κ3) is 3.13. The smallest absolute Gasteiger partial charge is 0.275 e. The van der Waals surface area contributed by atoms with E-state index < -0.39 is 0 Å². The molecule has 6 nitrogen and oxygen atoms in total. The Labute approximate surface area is 113 Å². The Balaban J connectivity index is 2.05. The van der Waals surface area contributed by atoms with Crippen LogP contribution in [0.2, 0.25) is 0 Å². The standard InChI is InChI=1S/C13H22N4O2/c1-3-9(2)11(14)12-16-10(8-19-12)13(18)17-6-4-15-5-7-17/h8-9,11,15H,3-7,14H2,1-2H3. The third-order valence-corrected chi connectivity index (χ3v) is 3.69. The molecule has 1 aromatic heterocycles. The first-order chi connectivity index (χ1) is 9.13. The average Bonchev–Trinajstić information content (AvgIpc) is 2.95. The minimum Gasteiger partial charge on any atom is -0.446 e. The number of hydrogen-bond acceptors (Lipinski definition) is 5. The van der Waals surface area contributed by atoms with Gasteiger partial charge in [-0.1, -0.05) is 20.3 Å². The van der Waals surface area contributed by atoms with Crippen LogP contribution in [0.1, 0.15) is 42.7 Å². The molecule has 1 aliphatic heterocycles. The third-order valence-electron chi connectivity index (χ3n) is 3.69. The molecule has 2 rings (SSSR count). The number of oxazole rings is 1. The Morgan fingerprint density at radius 2 is 2.26 bits per heavy atom. The van der Waals surface area contributed by atoms with Gasteiger partial charge in [-0.3, -0.25) is 4.79 Å². The first-order valence-electron chi connectivity index (χ1n) is 6.84. The van der Waals surface area contributed by atoms with Crippen molar-refractivity contribution in [3.63, 3.8) is 0 Å². The first-order valence-corrected chi connectivity index (χ1v) is 6.84. The molecular formula is C13H22N4O2. The molecular weight excluding hydrogens is 244 g/mol. The van der Waals surface area contributed by atoms with Crippen molar-refractivity contribution in [2.75, 3.05) is 26.2 Å². The molecule has 0 aliphatic carbocycles. The Morgan fingerprint density at radius 1 is 1.58 bits per heavy atom. The van der Waals surface area contributed by atoms with Gasteiger partial charge in [0.05, 0.1) is 6.04 Å². The number of carbonyl (C=O) groups excluding carboxylic acids is 1. The predicted molar refractivity (Wildman–Crippen MR) is 71.7 cm³/mol. The van der Waals surface area contributed by atoms with E-state index >= 15 is 0 Å². The van der Waals surface area contributed by atoms with Crippen molar-refractivity contribution in [2.45, 2.75) is 26.3 Å².